The summed E-state index contributed by atoms with van der Waals surface area (Å²) in [7, 11) is 1.58. The van der Waals surface area contributed by atoms with Gasteiger partial charge in [-0.25, -0.2) is 0 Å². The highest BCUT2D eigenvalue weighted by Gasteiger charge is 2.48. The van der Waals surface area contributed by atoms with Crippen molar-refractivity contribution < 1.29 is 28.6 Å². The number of carbonyl (C=O) groups is 3. The second-order valence-corrected chi connectivity index (χ2v) is 14.0. The summed E-state index contributed by atoms with van der Waals surface area (Å²) in [5.41, 5.74) is 4.26. The molecule has 0 aromatic heterocycles. The number of hydrogen-bond acceptors (Lipinski definition) is 7. The molecular weight excluding hydrogens is 592 g/mol. The monoisotopic (exact) mass is 634 g/mol. The van der Waals surface area contributed by atoms with Crippen LogP contribution in [0.4, 0.5) is 5.69 Å². The number of ether oxygens (including phenoxy) is 3. The first-order chi connectivity index (χ1) is 21.3. The van der Waals surface area contributed by atoms with Crippen molar-refractivity contribution >= 4 is 34.8 Å². The van der Waals surface area contributed by atoms with Crippen molar-refractivity contribution in [3.05, 3.63) is 69.5 Å². The number of amides is 1. The lowest BCUT2D eigenvalue weighted by Gasteiger charge is -2.49. The lowest BCUT2D eigenvalue weighted by molar-refractivity contribution is -0.120. The van der Waals surface area contributed by atoms with E-state index in [4.69, 9.17) is 25.8 Å². The van der Waals surface area contributed by atoms with Crippen LogP contribution in [-0.2, 0) is 14.4 Å². The summed E-state index contributed by atoms with van der Waals surface area (Å²) in [4.78, 5) is 42.9. The van der Waals surface area contributed by atoms with E-state index in [2.05, 4.69) is 44.8 Å². The Hall–Kier alpha value is -3.78. The minimum absolute atomic E-state index is 0.0542. The van der Waals surface area contributed by atoms with Crippen LogP contribution in [0.1, 0.15) is 78.7 Å². The topological polar surface area (TPSA) is 94.2 Å². The van der Waals surface area contributed by atoms with E-state index < -0.39 is 5.92 Å². The van der Waals surface area contributed by atoms with Crippen LogP contribution in [0.3, 0.4) is 0 Å². The molecule has 0 saturated heterocycles. The van der Waals surface area contributed by atoms with Gasteiger partial charge in [0.2, 0.25) is 0 Å². The number of benzene rings is 2. The molecule has 0 saturated carbocycles. The fourth-order valence-electron chi connectivity index (χ4n) is 6.93. The average molecular weight is 635 g/mol. The van der Waals surface area contributed by atoms with Crippen LogP contribution in [0.2, 0.25) is 5.02 Å². The second kappa shape index (κ2) is 12.5. The third kappa shape index (κ3) is 6.62. The Balaban J connectivity index is 1.54. The van der Waals surface area contributed by atoms with Gasteiger partial charge in [-0.3, -0.25) is 14.4 Å². The van der Waals surface area contributed by atoms with Crippen molar-refractivity contribution in [3.8, 4) is 17.2 Å². The van der Waals surface area contributed by atoms with E-state index in [0.717, 1.165) is 24.2 Å². The van der Waals surface area contributed by atoms with Gasteiger partial charge in [-0.05, 0) is 79.5 Å². The van der Waals surface area contributed by atoms with Crippen molar-refractivity contribution in [3.63, 3.8) is 0 Å². The molecule has 2 aromatic rings. The molecule has 2 aliphatic carbocycles. The van der Waals surface area contributed by atoms with E-state index in [1.165, 1.54) is 0 Å². The number of halogens is 1. The van der Waals surface area contributed by atoms with Crippen molar-refractivity contribution in [2.45, 2.75) is 73.1 Å². The summed E-state index contributed by atoms with van der Waals surface area (Å²) < 4.78 is 17.1. The standard InChI is InChI=1S/C36H43ClN2O6/c1-8-39-25-16-35(3,4)18-27(40)32(25)31(33-26(39)17-36(5,6)19-28(33)41)21-14-24(37)34(29(15-21)44-9-2)45-20-30(42)38-22-10-12-23(43-7)13-11-22/h10-15,31H,8-9,16-20H2,1-7H3,(H,38,42). The largest absolute Gasteiger partial charge is 0.497 e. The Kier molecular flexibility index (Phi) is 9.09. The summed E-state index contributed by atoms with van der Waals surface area (Å²) in [6, 6.07) is 10.5. The van der Waals surface area contributed by atoms with Crippen molar-refractivity contribution in [1.82, 2.24) is 4.90 Å². The predicted molar refractivity (Wildman–Crippen MR) is 175 cm³/mol. The number of ketones is 2. The highest BCUT2D eigenvalue weighted by Crippen LogP contribution is 2.55. The molecule has 0 fully saturated rings. The molecule has 45 heavy (non-hydrogen) atoms. The Bertz CT molecular complexity index is 1530. The number of allylic oxidation sites excluding steroid dienone is 4. The lowest BCUT2D eigenvalue weighted by Crippen LogP contribution is -2.44. The van der Waals surface area contributed by atoms with Gasteiger partial charge >= 0.3 is 0 Å². The summed E-state index contributed by atoms with van der Waals surface area (Å²) in [5.74, 6) is 0.442. The number of Topliss-reactive ketones (excluding diaryl/α,β-unsaturated/α-hetero) is 2. The summed E-state index contributed by atoms with van der Waals surface area (Å²) in [6.45, 7) is 13.1. The maximum atomic E-state index is 14.0. The fraction of sp³-hybridized carbons (Fsp3) is 0.472. The number of nitrogens with zero attached hydrogens (tertiary/aromatic N) is 1. The van der Waals surface area contributed by atoms with Gasteiger partial charge in [0.25, 0.3) is 5.91 Å². The SMILES string of the molecule is CCOc1cc(C2C3=C(CC(C)(C)CC3=O)N(CC)C3=C2C(=O)CC(C)(C)C3)cc(Cl)c1OCC(=O)Nc1ccc(OC)cc1. The molecule has 0 spiro atoms. The molecule has 1 amide bonds. The molecule has 240 valence electrons. The van der Waals surface area contributed by atoms with Gasteiger partial charge in [0.15, 0.2) is 29.7 Å². The maximum Gasteiger partial charge on any atom is 0.262 e. The van der Waals surface area contributed by atoms with E-state index in [-0.39, 0.29) is 45.7 Å². The van der Waals surface area contributed by atoms with Gasteiger partial charge in [-0.1, -0.05) is 39.3 Å². The normalized spacial score (nSPS) is 19.2. The lowest BCUT2D eigenvalue weighted by atomic mass is 9.63. The number of carbonyl (C=O) groups excluding carboxylic acids is 3. The van der Waals surface area contributed by atoms with Gasteiger partial charge in [0.1, 0.15) is 5.75 Å². The average Bonchev–Trinajstić information content (AvgIpc) is 2.95. The van der Waals surface area contributed by atoms with Gasteiger partial charge < -0.3 is 24.4 Å². The summed E-state index contributed by atoms with van der Waals surface area (Å²) >= 11 is 6.87. The molecule has 1 aliphatic heterocycles. The second-order valence-electron chi connectivity index (χ2n) is 13.6. The van der Waals surface area contributed by atoms with Crippen LogP contribution in [0, 0.1) is 10.8 Å². The first-order valence-electron chi connectivity index (χ1n) is 15.6. The van der Waals surface area contributed by atoms with Gasteiger partial charge in [0, 0.05) is 53.5 Å². The molecule has 9 heteroatoms. The molecule has 3 aliphatic rings. The number of rotatable bonds is 9. The smallest absolute Gasteiger partial charge is 0.262 e. The Morgan fingerprint density at radius 3 is 2.00 bits per heavy atom. The molecule has 0 unspecified atom stereocenters. The highest BCUT2D eigenvalue weighted by atomic mass is 35.5. The number of nitrogens with one attached hydrogen (secondary N) is 1. The number of hydrogen-bond donors (Lipinski definition) is 1. The maximum absolute atomic E-state index is 14.0. The zero-order chi connectivity index (χ0) is 32.7. The van der Waals surface area contributed by atoms with Crippen molar-refractivity contribution in [2.24, 2.45) is 10.8 Å². The molecule has 0 atom stereocenters. The summed E-state index contributed by atoms with van der Waals surface area (Å²) in [5, 5.41) is 3.04. The molecule has 0 radical (unpaired) electrons. The van der Waals surface area contributed by atoms with E-state index in [1.54, 1.807) is 37.4 Å². The third-order valence-corrected chi connectivity index (χ3v) is 9.01. The summed E-state index contributed by atoms with van der Waals surface area (Å²) in [6.07, 6.45) is 2.28. The number of anilines is 1. The van der Waals surface area contributed by atoms with Crippen LogP contribution in [0.25, 0.3) is 0 Å². The Morgan fingerprint density at radius 1 is 0.911 bits per heavy atom. The molecular formula is C36H43ClN2O6. The molecule has 5 rings (SSSR count). The first kappa shape index (κ1) is 32.6. The highest BCUT2D eigenvalue weighted by molar-refractivity contribution is 6.32. The predicted octanol–water partition coefficient (Wildman–Crippen LogP) is 7.47. The Labute approximate surface area is 270 Å². The minimum Gasteiger partial charge on any atom is -0.497 e. The van der Waals surface area contributed by atoms with Gasteiger partial charge in [-0.2, -0.15) is 0 Å². The van der Waals surface area contributed by atoms with Crippen molar-refractivity contribution in [2.75, 3.05) is 32.2 Å². The molecule has 8 nitrogen and oxygen atoms in total. The quantitative estimate of drug-likeness (QED) is 0.306. The van der Waals surface area contributed by atoms with Gasteiger partial charge in [0.05, 0.1) is 18.7 Å². The number of methoxy groups -OCH3 is 1. The molecule has 1 N–H and O–H groups in total. The van der Waals surface area contributed by atoms with E-state index in [0.29, 0.717) is 59.9 Å². The zero-order valence-electron chi connectivity index (χ0n) is 27.3. The van der Waals surface area contributed by atoms with Crippen LogP contribution in [0.5, 0.6) is 17.2 Å². The molecule has 1 heterocycles. The molecule has 0 bridgehead atoms. The van der Waals surface area contributed by atoms with Crippen LogP contribution >= 0.6 is 11.6 Å². The van der Waals surface area contributed by atoms with Crippen LogP contribution in [-0.4, -0.2) is 49.2 Å². The van der Waals surface area contributed by atoms with E-state index in [1.807, 2.05) is 13.0 Å². The van der Waals surface area contributed by atoms with Crippen molar-refractivity contribution in [1.29, 1.82) is 0 Å². The Morgan fingerprint density at radius 2 is 1.49 bits per heavy atom. The van der Waals surface area contributed by atoms with E-state index >= 15 is 0 Å². The van der Waals surface area contributed by atoms with E-state index in [9.17, 15) is 14.4 Å². The minimum atomic E-state index is -0.561. The fourth-order valence-corrected chi connectivity index (χ4v) is 7.20. The van der Waals surface area contributed by atoms with Crippen LogP contribution < -0.4 is 19.5 Å². The third-order valence-electron chi connectivity index (χ3n) is 8.72. The zero-order valence-corrected chi connectivity index (χ0v) is 28.0. The van der Waals surface area contributed by atoms with Gasteiger partial charge in [-0.15, -0.1) is 0 Å². The first-order valence-corrected chi connectivity index (χ1v) is 16.0. The van der Waals surface area contributed by atoms with Crippen LogP contribution in [0.15, 0.2) is 58.9 Å². The molecule has 2 aromatic carbocycles.